The molecule has 3 heteroatoms. The lowest BCUT2D eigenvalue weighted by Crippen LogP contribution is -1.91. The van der Waals surface area contributed by atoms with Gasteiger partial charge in [0, 0.05) is 32.5 Å². The van der Waals surface area contributed by atoms with Crippen molar-refractivity contribution in [1.82, 2.24) is 0 Å². The number of rotatable bonds is 3. The molecule has 0 amide bonds. The standard InChI is InChI=1S/C46H26O3/c1-2-11-27(12-3-1)40-24-29-25-43-37(26-41(29)48-40)30-22-21-28(23-42(30)49-43)44-31-13-4-6-15-33(31)45(34-16-7-5-14-32(34)44)36-18-10-20-39-46(36)35-17-8-9-19-38(35)47-39/h1-26H. The maximum Gasteiger partial charge on any atom is 0.136 e. The van der Waals surface area contributed by atoms with Crippen molar-refractivity contribution in [3.8, 4) is 33.6 Å². The SMILES string of the molecule is c1ccc(-c2cc3cc4oc5cc(-c6c7ccccc7c(-c7cccc8oc9ccccc9c78)c7ccccc67)ccc5c4cc3o2)cc1. The van der Waals surface area contributed by atoms with Gasteiger partial charge < -0.3 is 13.3 Å². The van der Waals surface area contributed by atoms with Crippen molar-refractivity contribution in [1.29, 1.82) is 0 Å². The zero-order chi connectivity index (χ0) is 32.1. The highest BCUT2D eigenvalue weighted by Gasteiger charge is 2.21. The van der Waals surface area contributed by atoms with Gasteiger partial charge in [0.05, 0.1) is 0 Å². The van der Waals surface area contributed by atoms with E-state index in [1.54, 1.807) is 0 Å². The van der Waals surface area contributed by atoms with Crippen LogP contribution in [0.15, 0.2) is 171 Å². The summed E-state index contributed by atoms with van der Waals surface area (Å²) in [4.78, 5) is 0. The first-order valence-corrected chi connectivity index (χ1v) is 16.6. The van der Waals surface area contributed by atoms with Crippen LogP contribution in [0.1, 0.15) is 0 Å². The highest BCUT2D eigenvalue weighted by molar-refractivity contribution is 6.26. The summed E-state index contributed by atoms with van der Waals surface area (Å²) in [5, 5.41) is 10.2. The molecule has 0 bridgehead atoms. The van der Waals surface area contributed by atoms with Crippen molar-refractivity contribution < 1.29 is 13.3 Å². The predicted octanol–water partition coefficient (Wildman–Crippen LogP) is 13.5. The number of para-hydroxylation sites is 1. The van der Waals surface area contributed by atoms with Crippen molar-refractivity contribution in [2.24, 2.45) is 0 Å². The molecule has 0 aliphatic rings. The minimum absolute atomic E-state index is 0.852. The molecule has 0 aliphatic carbocycles. The van der Waals surface area contributed by atoms with Gasteiger partial charge in [-0.2, -0.15) is 0 Å². The molecule has 11 rings (SSSR count). The monoisotopic (exact) mass is 626 g/mol. The third kappa shape index (κ3) is 3.84. The molecule has 3 heterocycles. The van der Waals surface area contributed by atoms with Crippen molar-refractivity contribution in [3.63, 3.8) is 0 Å². The van der Waals surface area contributed by atoms with E-state index < -0.39 is 0 Å². The van der Waals surface area contributed by atoms with E-state index in [0.29, 0.717) is 0 Å². The maximum absolute atomic E-state index is 6.58. The van der Waals surface area contributed by atoms with E-state index in [9.17, 15) is 0 Å². The van der Waals surface area contributed by atoms with Crippen LogP contribution in [0.3, 0.4) is 0 Å². The van der Waals surface area contributed by atoms with E-state index in [2.05, 4.69) is 127 Å². The Morgan fingerprint density at radius 1 is 0.306 bits per heavy atom. The maximum atomic E-state index is 6.58. The van der Waals surface area contributed by atoms with Gasteiger partial charge >= 0.3 is 0 Å². The highest BCUT2D eigenvalue weighted by atomic mass is 16.3. The Morgan fingerprint density at radius 3 is 1.71 bits per heavy atom. The Labute approximate surface area is 280 Å². The van der Waals surface area contributed by atoms with Crippen LogP contribution in [0.2, 0.25) is 0 Å². The van der Waals surface area contributed by atoms with E-state index in [1.807, 2.05) is 30.3 Å². The van der Waals surface area contributed by atoms with Gasteiger partial charge in [0.2, 0.25) is 0 Å². The van der Waals surface area contributed by atoms with E-state index >= 15 is 0 Å². The van der Waals surface area contributed by atoms with Crippen LogP contribution in [0.25, 0.3) is 110 Å². The quantitative estimate of drug-likeness (QED) is 0.183. The van der Waals surface area contributed by atoms with E-state index in [-0.39, 0.29) is 0 Å². The summed E-state index contributed by atoms with van der Waals surface area (Å²) < 4.78 is 19.2. The number of fused-ring (bicyclic) bond motifs is 9. The molecule has 49 heavy (non-hydrogen) atoms. The van der Waals surface area contributed by atoms with Crippen LogP contribution in [0.5, 0.6) is 0 Å². The number of hydrogen-bond donors (Lipinski definition) is 0. The second-order valence-electron chi connectivity index (χ2n) is 12.8. The van der Waals surface area contributed by atoms with Gasteiger partial charge in [0.1, 0.15) is 33.7 Å². The van der Waals surface area contributed by atoms with Crippen molar-refractivity contribution >= 4 is 76.4 Å². The fourth-order valence-electron chi connectivity index (χ4n) is 7.92. The molecule has 0 unspecified atom stereocenters. The Bertz CT molecular complexity index is 3040. The van der Waals surface area contributed by atoms with Gasteiger partial charge in [0.15, 0.2) is 0 Å². The third-order valence-electron chi connectivity index (χ3n) is 10.1. The van der Waals surface area contributed by atoms with Crippen molar-refractivity contribution in [2.75, 3.05) is 0 Å². The Hall–Kier alpha value is -6.58. The van der Waals surface area contributed by atoms with Crippen molar-refractivity contribution in [3.05, 3.63) is 158 Å². The summed E-state index contributed by atoms with van der Waals surface area (Å²) in [5.74, 6) is 0.856. The van der Waals surface area contributed by atoms with E-state index in [4.69, 9.17) is 13.3 Å². The van der Waals surface area contributed by atoms with Crippen molar-refractivity contribution in [2.45, 2.75) is 0 Å². The molecule has 3 nitrogen and oxygen atoms in total. The van der Waals surface area contributed by atoms with Crippen LogP contribution in [0.4, 0.5) is 0 Å². The molecule has 8 aromatic carbocycles. The molecule has 0 radical (unpaired) electrons. The molecule has 11 aromatic rings. The average Bonchev–Trinajstić information content (AvgIpc) is 3.85. The number of furan rings is 3. The van der Waals surface area contributed by atoms with Crippen LogP contribution >= 0.6 is 0 Å². The van der Waals surface area contributed by atoms with Crippen LogP contribution in [-0.2, 0) is 0 Å². The molecule has 3 aromatic heterocycles. The van der Waals surface area contributed by atoms with E-state index in [1.165, 1.54) is 38.2 Å². The smallest absolute Gasteiger partial charge is 0.136 e. The molecule has 228 valence electrons. The second kappa shape index (κ2) is 9.96. The topological polar surface area (TPSA) is 39.4 Å². The lowest BCUT2D eigenvalue weighted by molar-refractivity contribution is 0.631. The lowest BCUT2D eigenvalue weighted by atomic mass is 9.85. The molecule has 0 saturated carbocycles. The summed E-state index contributed by atoms with van der Waals surface area (Å²) in [7, 11) is 0. The van der Waals surface area contributed by atoms with Crippen LogP contribution in [0, 0.1) is 0 Å². The van der Waals surface area contributed by atoms with Crippen LogP contribution < -0.4 is 0 Å². The second-order valence-corrected chi connectivity index (χ2v) is 12.8. The minimum atomic E-state index is 0.852. The molecule has 0 aliphatic heterocycles. The van der Waals surface area contributed by atoms with Gasteiger partial charge in [-0.15, -0.1) is 0 Å². The lowest BCUT2D eigenvalue weighted by Gasteiger charge is -2.18. The van der Waals surface area contributed by atoms with Gasteiger partial charge in [-0.05, 0) is 86.3 Å². The van der Waals surface area contributed by atoms with Gasteiger partial charge in [-0.3, -0.25) is 0 Å². The average molecular weight is 627 g/mol. The van der Waals surface area contributed by atoms with Gasteiger partial charge in [0.25, 0.3) is 0 Å². The zero-order valence-corrected chi connectivity index (χ0v) is 26.2. The van der Waals surface area contributed by atoms with Crippen LogP contribution in [-0.4, -0.2) is 0 Å². The fourth-order valence-corrected chi connectivity index (χ4v) is 7.92. The molecule has 0 N–H and O–H groups in total. The summed E-state index contributed by atoms with van der Waals surface area (Å²) in [6, 6.07) is 55.4. The van der Waals surface area contributed by atoms with E-state index in [0.717, 1.165) is 71.7 Å². The predicted molar refractivity (Wildman–Crippen MR) is 202 cm³/mol. The summed E-state index contributed by atoms with van der Waals surface area (Å²) in [5.41, 5.74) is 10.1. The Morgan fingerprint density at radius 2 is 0.939 bits per heavy atom. The Balaban J connectivity index is 1.14. The minimum Gasteiger partial charge on any atom is -0.456 e. The normalized spacial score (nSPS) is 12.1. The third-order valence-corrected chi connectivity index (χ3v) is 10.1. The summed E-state index contributed by atoms with van der Waals surface area (Å²) in [6.45, 7) is 0. The first kappa shape index (κ1) is 26.5. The zero-order valence-electron chi connectivity index (χ0n) is 26.2. The number of hydrogen-bond acceptors (Lipinski definition) is 3. The fraction of sp³-hybridized carbons (Fsp3) is 0. The Kier molecular flexibility index (Phi) is 5.38. The largest absolute Gasteiger partial charge is 0.456 e. The summed E-state index contributed by atoms with van der Waals surface area (Å²) in [6.07, 6.45) is 0. The van der Waals surface area contributed by atoms with Gasteiger partial charge in [-0.25, -0.2) is 0 Å². The molecule has 0 atom stereocenters. The molecule has 0 saturated heterocycles. The number of benzene rings is 8. The first-order chi connectivity index (χ1) is 24.3. The molecular formula is C46H26O3. The molecule has 0 fully saturated rings. The molecule has 0 spiro atoms. The van der Waals surface area contributed by atoms with Gasteiger partial charge in [-0.1, -0.05) is 115 Å². The first-order valence-electron chi connectivity index (χ1n) is 16.6. The summed E-state index contributed by atoms with van der Waals surface area (Å²) >= 11 is 0. The highest BCUT2D eigenvalue weighted by Crippen LogP contribution is 2.47. The molecular weight excluding hydrogens is 601 g/mol.